The lowest BCUT2D eigenvalue weighted by molar-refractivity contribution is 0.225. The Morgan fingerprint density at radius 1 is 0.833 bits per heavy atom. The summed E-state index contributed by atoms with van der Waals surface area (Å²) in [5.74, 6) is 1.14. The number of carbonyl (C=O) groups is 2. The molecule has 4 amide bonds. The van der Waals surface area contributed by atoms with Crippen LogP contribution in [0.1, 0.15) is 25.7 Å². The average Bonchev–Trinajstić information content (AvgIpc) is 2.43. The van der Waals surface area contributed by atoms with Gasteiger partial charge in [0.1, 0.15) is 0 Å². The second kappa shape index (κ2) is 7.79. The average molecular weight is 256 g/mol. The summed E-state index contributed by atoms with van der Waals surface area (Å²) in [7, 11) is 3.24. The van der Waals surface area contributed by atoms with Crippen LogP contribution in [0.25, 0.3) is 0 Å². The van der Waals surface area contributed by atoms with Gasteiger partial charge in [-0.05, 0) is 37.5 Å². The van der Waals surface area contributed by atoms with Crippen molar-refractivity contribution in [1.29, 1.82) is 0 Å². The molecule has 104 valence electrons. The van der Waals surface area contributed by atoms with Crippen molar-refractivity contribution in [3.63, 3.8) is 0 Å². The molecule has 1 aliphatic carbocycles. The molecule has 1 saturated carbocycles. The van der Waals surface area contributed by atoms with Gasteiger partial charge in [-0.1, -0.05) is 0 Å². The Balaban J connectivity index is 2.12. The van der Waals surface area contributed by atoms with Crippen LogP contribution in [0.3, 0.4) is 0 Å². The zero-order valence-corrected chi connectivity index (χ0v) is 11.2. The van der Waals surface area contributed by atoms with Crippen LogP contribution in [0, 0.1) is 11.8 Å². The Bertz CT molecular complexity index is 247. The van der Waals surface area contributed by atoms with E-state index in [2.05, 4.69) is 21.3 Å². The van der Waals surface area contributed by atoms with Crippen LogP contribution in [-0.4, -0.2) is 39.2 Å². The van der Waals surface area contributed by atoms with Gasteiger partial charge in [-0.2, -0.15) is 0 Å². The van der Waals surface area contributed by atoms with E-state index in [-0.39, 0.29) is 12.1 Å². The van der Waals surface area contributed by atoms with E-state index in [9.17, 15) is 9.59 Å². The van der Waals surface area contributed by atoms with Crippen LogP contribution < -0.4 is 21.3 Å². The molecule has 0 spiro atoms. The molecule has 0 aromatic carbocycles. The summed E-state index contributed by atoms with van der Waals surface area (Å²) in [6.45, 7) is 1.49. The SMILES string of the molecule is CNC(=O)NCC1CCC(CNC(=O)NC)CC1. The molecule has 1 aliphatic rings. The fourth-order valence-electron chi connectivity index (χ4n) is 2.29. The van der Waals surface area contributed by atoms with Crippen molar-refractivity contribution in [2.24, 2.45) is 11.8 Å². The van der Waals surface area contributed by atoms with Crippen molar-refractivity contribution in [2.45, 2.75) is 25.7 Å². The number of hydrogen-bond acceptors (Lipinski definition) is 2. The van der Waals surface area contributed by atoms with Crippen molar-refractivity contribution in [3.05, 3.63) is 0 Å². The molecule has 0 aromatic rings. The van der Waals surface area contributed by atoms with E-state index in [4.69, 9.17) is 0 Å². The molecule has 0 unspecified atom stereocenters. The van der Waals surface area contributed by atoms with Crippen molar-refractivity contribution in [2.75, 3.05) is 27.2 Å². The minimum absolute atomic E-state index is 0.113. The third kappa shape index (κ3) is 5.25. The largest absolute Gasteiger partial charge is 0.341 e. The van der Waals surface area contributed by atoms with Gasteiger partial charge >= 0.3 is 12.1 Å². The lowest BCUT2D eigenvalue weighted by Crippen LogP contribution is -2.39. The Morgan fingerprint density at radius 2 is 1.17 bits per heavy atom. The van der Waals surface area contributed by atoms with Crippen LogP contribution >= 0.6 is 0 Å². The monoisotopic (exact) mass is 256 g/mol. The molecule has 0 heterocycles. The Morgan fingerprint density at radius 3 is 1.44 bits per heavy atom. The molecule has 18 heavy (non-hydrogen) atoms. The highest BCUT2D eigenvalue weighted by atomic mass is 16.2. The number of rotatable bonds is 4. The second-order valence-electron chi connectivity index (χ2n) is 4.81. The molecule has 6 nitrogen and oxygen atoms in total. The topological polar surface area (TPSA) is 82.3 Å². The molecule has 0 bridgehead atoms. The number of hydrogen-bond donors (Lipinski definition) is 4. The third-order valence-electron chi connectivity index (χ3n) is 3.52. The first-order valence-electron chi connectivity index (χ1n) is 6.56. The summed E-state index contributed by atoms with van der Waals surface area (Å²) in [4.78, 5) is 22.1. The van der Waals surface area contributed by atoms with E-state index in [1.165, 1.54) is 0 Å². The van der Waals surface area contributed by atoms with E-state index in [0.29, 0.717) is 11.8 Å². The van der Waals surface area contributed by atoms with Gasteiger partial charge in [-0.15, -0.1) is 0 Å². The maximum absolute atomic E-state index is 11.1. The van der Waals surface area contributed by atoms with E-state index in [1.54, 1.807) is 14.1 Å². The first kappa shape index (κ1) is 14.6. The highest BCUT2D eigenvalue weighted by molar-refractivity contribution is 5.73. The van der Waals surface area contributed by atoms with Gasteiger partial charge in [-0.3, -0.25) is 0 Å². The summed E-state index contributed by atoms with van der Waals surface area (Å²) in [5, 5.41) is 10.8. The fraction of sp³-hybridized carbons (Fsp3) is 0.833. The molecule has 0 aliphatic heterocycles. The highest BCUT2D eigenvalue weighted by Gasteiger charge is 2.21. The van der Waals surface area contributed by atoms with Crippen LogP contribution in [0.5, 0.6) is 0 Å². The van der Waals surface area contributed by atoms with Crippen LogP contribution in [0.15, 0.2) is 0 Å². The molecule has 4 N–H and O–H groups in total. The van der Waals surface area contributed by atoms with Crippen molar-refractivity contribution >= 4 is 12.1 Å². The van der Waals surface area contributed by atoms with Gasteiger partial charge in [0, 0.05) is 27.2 Å². The van der Waals surface area contributed by atoms with E-state index < -0.39 is 0 Å². The molecule has 0 radical (unpaired) electrons. The molecule has 0 atom stereocenters. The second-order valence-corrected chi connectivity index (χ2v) is 4.81. The Labute approximate surface area is 108 Å². The molecule has 0 saturated heterocycles. The molecular formula is C12H24N4O2. The quantitative estimate of drug-likeness (QED) is 0.595. The minimum Gasteiger partial charge on any atom is -0.341 e. The lowest BCUT2D eigenvalue weighted by Gasteiger charge is -2.28. The predicted octanol–water partition coefficient (Wildman–Crippen LogP) is 0.651. The Kier molecular flexibility index (Phi) is 6.32. The van der Waals surface area contributed by atoms with Gasteiger partial charge in [0.15, 0.2) is 0 Å². The van der Waals surface area contributed by atoms with Gasteiger partial charge in [0.2, 0.25) is 0 Å². The summed E-state index contributed by atoms with van der Waals surface area (Å²) >= 11 is 0. The van der Waals surface area contributed by atoms with Crippen molar-refractivity contribution in [1.82, 2.24) is 21.3 Å². The van der Waals surface area contributed by atoms with Gasteiger partial charge in [0.25, 0.3) is 0 Å². The molecular weight excluding hydrogens is 232 g/mol. The van der Waals surface area contributed by atoms with Crippen molar-refractivity contribution < 1.29 is 9.59 Å². The third-order valence-corrected chi connectivity index (χ3v) is 3.52. The number of carbonyl (C=O) groups excluding carboxylic acids is 2. The summed E-state index contributed by atoms with van der Waals surface area (Å²) in [5.41, 5.74) is 0. The standard InChI is InChI=1S/C12H24N4O2/c1-13-11(17)15-7-9-3-5-10(6-4-9)8-16-12(18)14-2/h9-10H,3-8H2,1-2H3,(H2,13,15,17)(H2,14,16,18). The molecule has 6 heteroatoms. The maximum atomic E-state index is 11.1. The van der Waals surface area contributed by atoms with Crippen LogP contribution in [0.4, 0.5) is 9.59 Å². The fourth-order valence-corrected chi connectivity index (χ4v) is 2.29. The first-order valence-corrected chi connectivity index (χ1v) is 6.56. The summed E-state index contributed by atoms with van der Waals surface area (Å²) in [6, 6.07) is -0.225. The number of amides is 4. The lowest BCUT2D eigenvalue weighted by atomic mass is 9.82. The Hall–Kier alpha value is -1.46. The number of urea groups is 2. The zero-order valence-electron chi connectivity index (χ0n) is 11.2. The van der Waals surface area contributed by atoms with E-state index >= 15 is 0 Å². The van der Waals surface area contributed by atoms with E-state index in [1.807, 2.05) is 0 Å². The molecule has 0 aromatic heterocycles. The highest BCUT2D eigenvalue weighted by Crippen LogP contribution is 2.27. The van der Waals surface area contributed by atoms with Gasteiger partial charge in [0.05, 0.1) is 0 Å². The van der Waals surface area contributed by atoms with Crippen LogP contribution in [-0.2, 0) is 0 Å². The summed E-state index contributed by atoms with van der Waals surface area (Å²) in [6.07, 6.45) is 4.46. The van der Waals surface area contributed by atoms with Crippen molar-refractivity contribution in [3.8, 4) is 0 Å². The van der Waals surface area contributed by atoms with Gasteiger partial charge < -0.3 is 21.3 Å². The smallest absolute Gasteiger partial charge is 0.314 e. The number of nitrogens with one attached hydrogen (secondary N) is 4. The predicted molar refractivity (Wildman–Crippen MR) is 70.4 cm³/mol. The maximum Gasteiger partial charge on any atom is 0.314 e. The first-order chi connectivity index (χ1) is 8.65. The molecule has 1 rings (SSSR count). The van der Waals surface area contributed by atoms with E-state index in [0.717, 1.165) is 38.8 Å². The van der Waals surface area contributed by atoms with Crippen LogP contribution in [0.2, 0.25) is 0 Å². The minimum atomic E-state index is -0.113. The normalized spacial score (nSPS) is 23.0. The molecule has 1 fully saturated rings. The zero-order chi connectivity index (χ0) is 13.4. The van der Waals surface area contributed by atoms with Gasteiger partial charge in [-0.25, -0.2) is 9.59 Å². The summed E-state index contributed by atoms with van der Waals surface area (Å²) < 4.78 is 0.